The van der Waals surface area contributed by atoms with Crippen LogP contribution in [0.3, 0.4) is 0 Å². The van der Waals surface area contributed by atoms with Crippen LogP contribution in [-0.2, 0) is 0 Å². The minimum absolute atomic E-state index is 0.0285. The molecule has 21 heavy (non-hydrogen) atoms. The van der Waals surface area contributed by atoms with Crippen LogP contribution in [0.15, 0.2) is 16.5 Å². The highest BCUT2D eigenvalue weighted by Crippen LogP contribution is 2.31. The Labute approximate surface area is 125 Å². The molecule has 2 fully saturated rings. The highest BCUT2D eigenvalue weighted by Gasteiger charge is 2.36. The number of furan rings is 1. The monoisotopic (exact) mass is 292 g/mol. The second-order valence-corrected chi connectivity index (χ2v) is 6.37. The topological polar surface area (TPSA) is 56.9 Å². The average Bonchev–Trinajstić information content (AvgIpc) is 2.96. The third kappa shape index (κ3) is 2.85. The van der Waals surface area contributed by atoms with Gasteiger partial charge in [0.25, 0.3) is 0 Å². The number of piperazine rings is 1. The molecule has 0 saturated carbocycles. The molecule has 0 spiro atoms. The molecule has 1 N–H and O–H groups in total. The van der Waals surface area contributed by atoms with Crippen molar-refractivity contribution < 1.29 is 14.3 Å². The number of carbonyl (C=O) groups is 1. The molecule has 3 unspecified atom stereocenters. The minimum Gasteiger partial charge on any atom is -0.475 e. The van der Waals surface area contributed by atoms with Gasteiger partial charge in [-0.3, -0.25) is 9.80 Å². The van der Waals surface area contributed by atoms with E-state index in [1.165, 1.54) is 25.8 Å². The van der Waals surface area contributed by atoms with Crippen molar-refractivity contribution in [3.05, 3.63) is 23.7 Å². The van der Waals surface area contributed by atoms with Gasteiger partial charge in [0.1, 0.15) is 5.76 Å². The fourth-order valence-electron chi connectivity index (χ4n) is 3.77. The number of carboxylic acids is 1. The number of hydrogen-bond donors (Lipinski definition) is 1. The van der Waals surface area contributed by atoms with E-state index in [1.54, 1.807) is 12.1 Å². The maximum atomic E-state index is 11.0. The van der Waals surface area contributed by atoms with Crippen molar-refractivity contribution in [1.29, 1.82) is 0 Å². The summed E-state index contributed by atoms with van der Waals surface area (Å²) < 4.78 is 5.49. The van der Waals surface area contributed by atoms with E-state index in [-0.39, 0.29) is 11.8 Å². The number of carboxylic acid groups (broad SMARTS) is 1. The van der Waals surface area contributed by atoms with Crippen LogP contribution in [0.25, 0.3) is 0 Å². The number of piperidine rings is 1. The van der Waals surface area contributed by atoms with Crippen molar-refractivity contribution >= 4 is 5.97 Å². The molecule has 2 saturated heterocycles. The lowest BCUT2D eigenvalue weighted by molar-refractivity contribution is -0.00909. The lowest BCUT2D eigenvalue weighted by Gasteiger charge is -2.49. The van der Waals surface area contributed by atoms with Gasteiger partial charge in [-0.05, 0) is 45.4 Å². The number of aromatic carboxylic acids is 1. The highest BCUT2D eigenvalue weighted by atomic mass is 16.4. The summed E-state index contributed by atoms with van der Waals surface area (Å²) in [5.41, 5.74) is 0. The molecular formula is C16H24N2O3. The zero-order valence-electron chi connectivity index (χ0n) is 12.8. The third-order valence-corrected chi connectivity index (χ3v) is 4.98. The van der Waals surface area contributed by atoms with Crippen molar-refractivity contribution in [2.75, 3.05) is 19.6 Å². The first-order valence-electron chi connectivity index (χ1n) is 7.89. The van der Waals surface area contributed by atoms with Gasteiger partial charge >= 0.3 is 5.97 Å². The van der Waals surface area contributed by atoms with Crippen molar-refractivity contribution in [2.24, 2.45) is 0 Å². The Morgan fingerprint density at radius 3 is 2.90 bits per heavy atom. The van der Waals surface area contributed by atoms with Crippen molar-refractivity contribution in [2.45, 2.75) is 51.2 Å². The second kappa shape index (κ2) is 5.81. The van der Waals surface area contributed by atoms with Gasteiger partial charge in [0.15, 0.2) is 0 Å². The van der Waals surface area contributed by atoms with Crippen LogP contribution >= 0.6 is 0 Å². The summed E-state index contributed by atoms with van der Waals surface area (Å²) in [7, 11) is 0. The molecule has 5 nitrogen and oxygen atoms in total. The summed E-state index contributed by atoms with van der Waals surface area (Å²) in [6.45, 7) is 7.73. The Bertz CT molecular complexity index is 513. The van der Waals surface area contributed by atoms with E-state index < -0.39 is 5.97 Å². The molecule has 116 valence electrons. The second-order valence-electron chi connectivity index (χ2n) is 6.37. The standard InChI is InChI=1S/C16H24N2O3/c1-11-9-17-8-4-3-5-13(17)10-18(11)12(2)14-6-7-15(21-14)16(19)20/h6-7,11-13H,3-5,8-10H2,1-2H3,(H,19,20). The first-order valence-corrected chi connectivity index (χ1v) is 7.89. The van der Waals surface area contributed by atoms with E-state index in [4.69, 9.17) is 9.52 Å². The van der Waals surface area contributed by atoms with Crippen molar-refractivity contribution in [3.8, 4) is 0 Å². The Balaban J connectivity index is 1.73. The fourth-order valence-corrected chi connectivity index (χ4v) is 3.77. The normalized spacial score (nSPS) is 29.0. The number of fused-ring (bicyclic) bond motifs is 1. The summed E-state index contributed by atoms with van der Waals surface area (Å²) in [5.74, 6) is -0.220. The first-order chi connectivity index (χ1) is 10.1. The van der Waals surface area contributed by atoms with Crippen LogP contribution in [0.1, 0.15) is 55.5 Å². The van der Waals surface area contributed by atoms with Crippen molar-refractivity contribution in [1.82, 2.24) is 9.80 Å². The van der Waals surface area contributed by atoms with E-state index >= 15 is 0 Å². The lowest BCUT2D eigenvalue weighted by atomic mass is 9.96. The third-order valence-electron chi connectivity index (χ3n) is 4.98. The zero-order valence-corrected chi connectivity index (χ0v) is 12.8. The molecule has 2 aliphatic rings. The maximum absolute atomic E-state index is 11.0. The predicted octanol–water partition coefficient (Wildman–Crippen LogP) is 2.60. The van der Waals surface area contributed by atoms with E-state index in [2.05, 4.69) is 23.6 Å². The van der Waals surface area contributed by atoms with Crippen molar-refractivity contribution in [3.63, 3.8) is 0 Å². The summed E-state index contributed by atoms with van der Waals surface area (Å²) in [5, 5.41) is 8.98. The van der Waals surface area contributed by atoms with Crippen LogP contribution in [0.4, 0.5) is 0 Å². The summed E-state index contributed by atoms with van der Waals surface area (Å²) in [4.78, 5) is 16.0. The number of rotatable bonds is 3. The maximum Gasteiger partial charge on any atom is 0.371 e. The minimum atomic E-state index is -1.00. The number of nitrogens with zero attached hydrogens (tertiary/aromatic N) is 2. The first kappa shape index (κ1) is 14.6. The smallest absolute Gasteiger partial charge is 0.371 e. The molecule has 1 aromatic rings. The molecule has 1 aromatic heterocycles. The molecule has 0 amide bonds. The average molecular weight is 292 g/mol. The number of hydrogen-bond acceptors (Lipinski definition) is 4. The summed E-state index contributed by atoms with van der Waals surface area (Å²) in [6.07, 6.45) is 3.91. The van der Waals surface area contributed by atoms with E-state index in [9.17, 15) is 4.79 Å². The molecule has 3 atom stereocenters. The van der Waals surface area contributed by atoms with Gasteiger partial charge < -0.3 is 9.52 Å². The van der Waals surface area contributed by atoms with Crippen LogP contribution in [0, 0.1) is 0 Å². The van der Waals surface area contributed by atoms with Gasteiger partial charge in [-0.2, -0.15) is 0 Å². The molecule has 0 bridgehead atoms. The van der Waals surface area contributed by atoms with Gasteiger partial charge in [-0.1, -0.05) is 6.42 Å². The highest BCUT2D eigenvalue weighted by molar-refractivity contribution is 5.84. The van der Waals surface area contributed by atoms with Crippen LogP contribution < -0.4 is 0 Å². The molecule has 5 heteroatoms. The van der Waals surface area contributed by atoms with E-state index in [1.807, 2.05) is 0 Å². The predicted molar refractivity (Wildman–Crippen MR) is 79.5 cm³/mol. The van der Waals surface area contributed by atoms with Gasteiger partial charge in [0, 0.05) is 25.2 Å². The molecule has 0 aromatic carbocycles. The summed E-state index contributed by atoms with van der Waals surface area (Å²) in [6, 6.07) is 4.58. The van der Waals surface area contributed by atoms with E-state index in [0.29, 0.717) is 12.1 Å². The Morgan fingerprint density at radius 1 is 1.38 bits per heavy atom. The quantitative estimate of drug-likeness (QED) is 0.928. The van der Waals surface area contributed by atoms with E-state index in [0.717, 1.165) is 18.8 Å². The SMILES string of the molecule is CC1CN2CCCCC2CN1C(C)c1ccc(C(=O)O)o1. The van der Waals surface area contributed by atoms with Crippen LogP contribution in [0.5, 0.6) is 0 Å². The summed E-state index contributed by atoms with van der Waals surface area (Å²) >= 11 is 0. The molecule has 0 aliphatic carbocycles. The molecule has 0 radical (unpaired) electrons. The largest absolute Gasteiger partial charge is 0.475 e. The van der Waals surface area contributed by atoms with Gasteiger partial charge in [0.2, 0.25) is 5.76 Å². The Morgan fingerprint density at radius 2 is 2.19 bits per heavy atom. The van der Waals surface area contributed by atoms with Crippen LogP contribution in [-0.4, -0.2) is 52.6 Å². The molecule has 3 heterocycles. The molecule has 2 aliphatic heterocycles. The Kier molecular flexibility index (Phi) is 4.04. The fraction of sp³-hybridized carbons (Fsp3) is 0.688. The van der Waals surface area contributed by atoms with Gasteiger partial charge in [0.05, 0.1) is 6.04 Å². The zero-order chi connectivity index (χ0) is 15.0. The van der Waals surface area contributed by atoms with Gasteiger partial charge in [-0.25, -0.2) is 4.79 Å². The molecule has 3 rings (SSSR count). The molecular weight excluding hydrogens is 268 g/mol. The Hall–Kier alpha value is -1.33. The van der Waals surface area contributed by atoms with Crippen LogP contribution in [0.2, 0.25) is 0 Å². The van der Waals surface area contributed by atoms with Gasteiger partial charge in [-0.15, -0.1) is 0 Å². The lowest BCUT2D eigenvalue weighted by Crippen LogP contribution is -2.58.